The summed E-state index contributed by atoms with van der Waals surface area (Å²) in [5.41, 5.74) is 5.60. The van der Waals surface area contributed by atoms with Gasteiger partial charge in [-0.1, -0.05) is 0 Å². The van der Waals surface area contributed by atoms with Gasteiger partial charge in [-0.2, -0.15) is 15.0 Å². The third kappa shape index (κ3) is 3.74. The van der Waals surface area contributed by atoms with Crippen molar-refractivity contribution in [3.63, 3.8) is 0 Å². The van der Waals surface area contributed by atoms with Gasteiger partial charge in [-0.15, -0.1) is 0 Å². The maximum atomic E-state index is 13.1. The molecule has 8 heteroatoms. The number of rotatable bonds is 5. The molecule has 0 amide bonds. The molecule has 0 unspecified atom stereocenters. The molecule has 0 fully saturated rings. The molecule has 1 aromatic heterocycles. The van der Waals surface area contributed by atoms with Crippen LogP contribution in [0.25, 0.3) is 0 Å². The lowest BCUT2D eigenvalue weighted by Crippen LogP contribution is -2.25. The maximum absolute atomic E-state index is 13.1. The van der Waals surface area contributed by atoms with E-state index in [1.165, 1.54) is 0 Å². The van der Waals surface area contributed by atoms with Crippen molar-refractivity contribution in [3.8, 4) is 11.8 Å². The minimum Gasteiger partial charge on any atom is -0.424 e. The first-order valence-corrected chi connectivity index (χ1v) is 6.42. The molecule has 0 aliphatic heterocycles. The van der Waals surface area contributed by atoms with Crippen LogP contribution >= 0.6 is 0 Å². The van der Waals surface area contributed by atoms with Gasteiger partial charge >= 0.3 is 6.01 Å². The fourth-order valence-electron chi connectivity index (χ4n) is 1.75. The maximum Gasteiger partial charge on any atom is 0.328 e. The molecular weight excluding hydrogens is 280 g/mol. The molecular formula is C13H15F2N5O. The second kappa shape index (κ2) is 6.29. The van der Waals surface area contributed by atoms with Gasteiger partial charge in [0.15, 0.2) is 0 Å². The molecule has 1 aromatic carbocycles. The number of halogens is 2. The summed E-state index contributed by atoms with van der Waals surface area (Å²) in [6.45, 7) is 5.22. The number of anilines is 2. The molecule has 0 spiro atoms. The lowest BCUT2D eigenvalue weighted by Gasteiger charge is -2.18. The Kier molecular flexibility index (Phi) is 4.46. The Bertz CT molecular complexity index is 614. The van der Waals surface area contributed by atoms with Gasteiger partial charge < -0.3 is 15.4 Å². The van der Waals surface area contributed by atoms with E-state index in [4.69, 9.17) is 10.5 Å². The Morgan fingerprint density at radius 2 is 1.67 bits per heavy atom. The van der Waals surface area contributed by atoms with Crippen molar-refractivity contribution in [3.05, 3.63) is 29.8 Å². The number of nitrogen functional groups attached to an aromatic ring is 1. The molecule has 0 aliphatic rings. The van der Waals surface area contributed by atoms with Gasteiger partial charge in [0.1, 0.15) is 17.4 Å². The van der Waals surface area contributed by atoms with Crippen molar-refractivity contribution in [2.24, 2.45) is 0 Å². The molecule has 2 rings (SSSR count). The molecule has 2 aromatic rings. The fraction of sp³-hybridized carbons (Fsp3) is 0.308. The molecule has 112 valence electrons. The van der Waals surface area contributed by atoms with Crippen molar-refractivity contribution >= 4 is 11.9 Å². The summed E-state index contributed by atoms with van der Waals surface area (Å²) in [7, 11) is 0. The summed E-state index contributed by atoms with van der Waals surface area (Å²) in [4.78, 5) is 13.7. The van der Waals surface area contributed by atoms with Crippen LogP contribution in [-0.4, -0.2) is 28.0 Å². The van der Waals surface area contributed by atoms with Gasteiger partial charge in [0, 0.05) is 31.3 Å². The highest BCUT2D eigenvalue weighted by molar-refractivity contribution is 5.37. The first-order chi connectivity index (χ1) is 10.0. The molecule has 0 saturated heterocycles. The van der Waals surface area contributed by atoms with Crippen molar-refractivity contribution in [2.75, 3.05) is 23.7 Å². The second-order valence-electron chi connectivity index (χ2n) is 4.16. The molecule has 21 heavy (non-hydrogen) atoms. The summed E-state index contributed by atoms with van der Waals surface area (Å²) in [5, 5.41) is 0. The van der Waals surface area contributed by atoms with Gasteiger partial charge in [0.2, 0.25) is 11.9 Å². The van der Waals surface area contributed by atoms with Crippen LogP contribution in [0.4, 0.5) is 20.7 Å². The van der Waals surface area contributed by atoms with Gasteiger partial charge in [-0.25, -0.2) is 8.78 Å². The predicted octanol–water partition coefficient (Wildman–Crippen LogP) is 2.37. The summed E-state index contributed by atoms with van der Waals surface area (Å²) in [5.74, 6) is -1.24. The van der Waals surface area contributed by atoms with E-state index in [0.29, 0.717) is 19.0 Å². The van der Waals surface area contributed by atoms with Gasteiger partial charge in [-0.3, -0.25) is 0 Å². The topological polar surface area (TPSA) is 77.2 Å². The second-order valence-corrected chi connectivity index (χ2v) is 4.16. The van der Waals surface area contributed by atoms with E-state index in [-0.39, 0.29) is 17.7 Å². The number of nitrogens with zero attached hydrogens (tertiary/aromatic N) is 4. The van der Waals surface area contributed by atoms with E-state index in [9.17, 15) is 8.78 Å². The zero-order valence-corrected chi connectivity index (χ0v) is 11.7. The van der Waals surface area contributed by atoms with Crippen LogP contribution in [0.2, 0.25) is 0 Å². The number of ether oxygens (including phenoxy) is 1. The molecule has 0 saturated carbocycles. The highest BCUT2D eigenvalue weighted by Crippen LogP contribution is 2.22. The molecule has 2 N–H and O–H groups in total. The number of benzene rings is 1. The molecule has 0 radical (unpaired) electrons. The van der Waals surface area contributed by atoms with Crippen LogP contribution in [0, 0.1) is 11.6 Å². The van der Waals surface area contributed by atoms with E-state index >= 15 is 0 Å². The number of nitrogens with two attached hydrogens (primary N) is 1. The normalized spacial score (nSPS) is 10.5. The average Bonchev–Trinajstić information content (AvgIpc) is 2.38. The van der Waals surface area contributed by atoms with E-state index < -0.39 is 11.6 Å². The lowest BCUT2D eigenvalue weighted by molar-refractivity contribution is 0.431. The average molecular weight is 295 g/mol. The van der Waals surface area contributed by atoms with E-state index in [0.717, 1.165) is 18.2 Å². The third-order valence-corrected chi connectivity index (χ3v) is 2.71. The Morgan fingerprint density at radius 1 is 1.05 bits per heavy atom. The van der Waals surface area contributed by atoms with Crippen LogP contribution in [-0.2, 0) is 0 Å². The first kappa shape index (κ1) is 14.9. The highest BCUT2D eigenvalue weighted by Gasteiger charge is 2.12. The largest absolute Gasteiger partial charge is 0.424 e. The number of hydrogen-bond acceptors (Lipinski definition) is 6. The molecule has 6 nitrogen and oxygen atoms in total. The molecule has 0 atom stereocenters. The lowest BCUT2D eigenvalue weighted by atomic mass is 10.3. The van der Waals surface area contributed by atoms with E-state index in [2.05, 4.69) is 15.0 Å². The molecule has 1 heterocycles. The summed E-state index contributed by atoms with van der Waals surface area (Å²) in [6, 6.07) is 2.69. The fourth-order valence-corrected chi connectivity index (χ4v) is 1.75. The Balaban J connectivity index is 2.31. The quantitative estimate of drug-likeness (QED) is 0.912. The highest BCUT2D eigenvalue weighted by atomic mass is 19.1. The van der Waals surface area contributed by atoms with Crippen molar-refractivity contribution in [2.45, 2.75) is 13.8 Å². The van der Waals surface area contributed by atoms with Gasteiger partial charge in [0.25, 0.3) is 0 Å². The Labute approximate surface area is 120 Å². The van der Waals surface area contributed by atoms with Gasteiger partial charge in [-0.05, 0) is 13.8 Å². The summed E-state index contributed by atoms with van der Waals surface area (Å²) < 4.78 is 31.5. The van der Waals surface area contributed by atoms with Crippen LogP contribution in [0.1, 0.15) is 13.8 Å². The summed E-state index contributed by atoms with van der Waals surface area (Å²) in [6.07, 6.45) is 0. The first-order valence-electron chi connectivity index (χ1n) is 6.42. The van der Waals surface area contributed by atoms with Crippen LogP contribution in [0.3, 0.4) is 0 Å². The van der Waals surface area contributed by atoms with Crippen LogP contribution < -0.4 is 15.4 Å². The smallest absolute Gasteiger partial charge is 0.328 e. The third-order valence-electron chi connectivity index (χ3n) is 2.71. The standard InChI is InChI=1S/C13H15F2N5O/c1-3-20(4-2)12-17-11(16)18-13(19-12)21-10-6-8(14)5-9(15)7-10/h5-7H,3-4H2,1-2H3,(H2,16,17,18,19). The minimum atomic E-state index is -0.754. The Morgan fingerprint density at radius 3 is 2.24 bits per heavy atom. The predicted molar refractivity (Wildman–Crippen MR) is 74.2 cm³/mol. The van der Waals surface area contributed by atoms with Crippen molar-refractivity contribution in [1.29, 1.82) is 0 Å². The molecule has 0 bridgehead atoms. The number of hydrogen-bond donors (Lipinski definition) is 1. The van der Waals surface area contributed by atoms with Crippen molar-refractivity contribution < 1.29 is 13.5 Å². The summed E-state index contributed by atoms with van der Waals surface area (Å²) >= 11 is 0. The Hall–Kier alpha value is -2.51. The molecule has 0 aliphatic carbocycles. The zero-order valence-electron chi connectivity index (χ0n) is 11.7. The van der Waals surface area contributed by atoms with Crippen LogP contribution in [0.5, 0.6) is 11.8 Å². The van der Waals surface area contributed by atoms with Gasteiger partial charge in [0.05, 0.1) is 0 Å². The SMILES string of the molecule is CCN(CC)c1nc(N)nc(Oc2cc(F)cc(F)c2)n1. The van der Waals surface area contributed by atoms with E-state index in [1.54, 1.807) is 0 Å². The zero-order chi connectivity index (χ0) is 15.4. The van der Waals surface area contributed by atoms with Crippen molar-refractivity contribution in [1.82, 2.24) is 15.0 Å². The minimum absolute atomic E-state index is 0.0289. The monoisotopic (exact) mass is 295 g/mol. The van der Waals surface area contributed by atoms with Crippen LogP contribution in [0.15, 0.2) is 18.2 Å². The number of aromatic nitrogens is 3. The van der Waals surface area contributed by atoms with E-state index in [1.807, 2.05) is 18.7 Å².